The SMILES string of the molecule is C[Si](C)(Cl)Cl.[C-]1=CC=CC1.[C-]1=CC=CC1.[Ti+2]. The van der Waals surface area contributed by atoms with E-state index >= 15 is 0 Å². The molecule has 0 saturated carbocycles. The van der Waals surface area contributed by atoms with Crippen molar-refractivity contribution in [2.75, 3.05) is 0 Å². The third kappa shape index (κ3) is 24.0. The Bertz CT molecular complexity index is 215. The average molecular weight is 307 g/mol. The van der Waals surface area contributed by atoms with Crippen molar-refractivity contribution in [3.63, 3.8) is 0 Å². The van der Waals surface area contributed by atoms with Crippen LogP contribution in [0.2, 0.25) is 13.1 Å². The Morgan fingerprint density at radius 2 is 1.25 bits per heavy atom. The number of halogens is 2. The van der Waals surface area contributed by atoms with Gasteiger partial charge in [-0.2, -0.15) is 12.2 Å². The van der Waals surface area contributed by atoms with Crippen molar-refractivity contribution in [1.82, 2.24) is 0 Å². The zero-order valence-corrected chi connectivity index (χ0v) is 13.7. The molecule has 2 aliphatic rings. The van der Waals surface area contributed by atoms with Crippen LogP contribution in [0.25, 0.3) is 0 Å². The maximum absolute atomic E-state index is 5.43. The molecule has 0 bridgehead atoms. The summed E-state index contributed by atoms with van der Waals surface area (Å²) >= 11 is 10.9. The predicted octanol–water partition coefficient (Wildman–Crippen LogP) is 4.77. The van der Waals surface area contributed by atoms with Gasteiger partial charge in [0.25, 0.3) is 0 Å². The van der Waals surface area contributed by atoms with Gasteiger partial charge in [0, 0.05) is 0 Å². The standard InChI is InChI=1S/2C5H5.C2H6Cl2Si.Ti/c2*1-2-4-5-3-1;1-5(2,3)4;/h2*1-3H,4H2;1-2H3;/q2*-1;;+2. The zero-order chi connectivity index (χ0) is 11.6. The minimum absolute atomic E-state index is 0. The van der Waals surface area contributed by atoms with E-state index in [9.17, 15) is 0 Å². The second-order valence-corrected chi connectivity index (χ2v) is 12.2. The van der Waals surface area contributed by atoms with Gasteiger partial charge in [-0.3, -0.25) is 12.2 Å². The molecule has 2 rings (SSSR count). The maximum Gasteiger partial charge on any atom is 2.00 e. The van der Waals surface area contributed by atoms with Crippen molar-refractivity contribution < 1.29 is 21.7 Å². The number of hydrogen-bond acceptors (Lipinski definition) is 0. The van der Waals surface area contributed by atoms with E-state index in [0.717, 1.165) is 12.8 Å². The van der Waals surface area contributed by atoms with E-state index in [-0.39, 0.29) is 21.7 Å². The van der Waals surface area contributed by atoms with E-state index in [2.05, 4.69) is 24.3 Å². The summed E-state index contributed by atoms with van der Waals surface area (Å²) in [5, 5.41) is 0. The van der Waals surface area contributed by atoms with Crippen molar-refractivity contribution in [1.29, 1.82) is 0 Å². The number of hydrogen-bond donors (Lipinski definition) is 0. The van der Waals surface area contributed by atoms with Gasteiger partial charge in [-0.1, -0.05) is 0 Å². The van der Waals surface area contributed by atoms with Crippen LogP contribution in [-0.2, 0) is 21.7 Å². The fraction of sp³-hybridized carbons (Fsp3) is 0.333. The summed E-state index contributed by atoms with van der Waals surface area (Å²) in [6.45, 7) is 2.05. The van der Waals surface area contributed by atoms with Crippen LogP contribution in [0, 0.1) is 12.2 Å². The summed E-state index contributed by atoms with van der Waals surface area (Å²) in [6, 6.07) is 0. The van der Waals surface area contributed by atoms with Gasteiger partial charge in [-0.25, -0.2) is 24.3 Å². The van der Waals surface area contributed by atoms with Crippen LogP contribution in [0.15, 0.2) is 36.5 Å². The number of rotatable bonds is 0. The molecule has 4 heteroatoms. The molecule has 0 aromatic carbocycles. The first-order chi connectivity index (χ1) is 7.00. The van der Waals surface area contributed by atoms with E-state index in [1.165, 1.54) is 0 Å². The van der Waals surface area contributed by atoms with Gasteiger partial charge in [-0.15, -0.1) is 35.0 Å². The molecule has 16 heavy (non-hydrogen) atoms. The molecule has 0 unspecified atom stereocenters. The van der Waals surface area contributed by atoms with E-state index in [0.29, 0.717) is 0 Å². The zero-order valence-electron chi connectivity index (χ0n) is 9.63. The molecule has 0 aromatic heterocycles. The van der Waals surface area contributed by atoms with Crippen molar-refractivity contribution in [2.24, 2.45) is 0 Å². The molecule has 0 fully saturated rings. The van der Waals surface area contributed by atoms with Crippen LogP contribution in [0.1, 0.15) is 12.8 Å². The summed E-state index contributed by atoms with van der Waals surface area (Å²) < 4.78 is 0. The molecule has 0 amide bonds. The molecule has 0 radical (unpaired) electrons. The molecule has 0 spiro atoms. The van der Waals surface area contributed by atoms with Gasteiger partial charge in [-0.05, 0) is 13.1 Å². The van der Waals surface area contributed by atoms with E-state index in [4.69, 9.17) is 22.2 Å². The molecule has 0 aromatic rings. The molecule has 2 aliphatic carbocycles. The second kappa shape index (κ2) is 11.9. The normalized spacial score (nSPS) is 14.8. The summed E-state index contributed by atoms with van der Waals surface area (Å²) in [5.41, 5.74) is 0. The van der Waals surface area contributed by atoms with Gasteiger partial charge < -0.3 is 0 Å². The van der Waals surface area contributed by atoms with Gasteiger partial charge in [0.15, 0.2) is 0 Å². The largest absolute Gasteiger partial charge is 2.00 e. The minimum Gasteiger partial charge on any atom is -0.273 e. The van der Waals surface area contributed by atoms with Crippen LogP contribution >= 0.6 is 22.2 Å². The molecule has 0 heterocycles. The quantitative estimate of drug-likeness (QED) is 0.343. The van der Waals surface area contributed by atoms with Crippen LogP contribution in [0.3, 0.4) is 0 Å². The predicted molar refractivity (Wildman–Crippen MR) is 72.3 cm³/mol. The van der Waals surface area contributed by atoms with Crippen molar-refractivity contribution in [2.45, 2.75) is 25.9 Å². The summed E-state index contributed by atoms with van der Waals surface area (Å²) in [6.07, 6.45) is 20.0. The van der Waals surface area contributed by atoms with E-state index < -0.39 is 6.69 Å². The van der Waals surface area contributed by atoms with Gasteiger partial charge in [0.1, 0.15) is 0 Å². The van der Waals surface area contributed by atoms with Gasteiger partial charge in [0.2, 0.25) is 6.69 Å². The summed E-state index contributed by atoms with van der Waals surface area (Å²) in [4.78, 5) is 0. The van der Waals surface area contributed by atoms with Crippen molar-refractivity contribution in [3.8, 4) is 0 Å². The Labute approximate surface area is 124 Å². The van der Waals surface area contributed by atoms with Crippen LogP contribution in [0.5, 0.6) is 0 Å². The Kier molecular flexibility index (Phi) is 14.1. The molecule has 0 nitrogen and oxygen atoms in total. The summed E-state index contributed by atoms with van der Waals surface area (Å²) in [5.74, 6) is 0. The Hall–Kier alpha value is 0.471. The third-order valence-electron chi connectivity index (χ3n) is 1.17. The van der Waals surface area contributed by atoms with Crippen LogP contribution in [0.4, 0.5) is 0 Å². The van der Waals surface area contributed by atoms with Gasteiger partial charge in [0.05, 0.1) is 0 Å². The topological polar surface area (TPSA) is 0 Å². The molecule has 0 atom stereocenters. The first-order valence-electron chi connectivity index (χ1n) is 4.81. The van der Waals surface area contributed by atoms with E-state index in [1.807, 2.05) is 37.4 Å². The first-order valence-corrected chi connectivity index (χ1v) is 9.84. The number of allylic oxidation sites excluding steroid dienone is 8. The van der Waals surface area contributed by atoms with Gasteiger partial charge >= 0.3 is 21.7 Å². The molecular weight excluding hydrogens is 291 g/mol. The average Bonchev–Trinajstić information content (AvgIpc) is 2.81. The Morgan fingerprint density at radius 3 is 1.31 bits per heavy atom. The van der Waals surface area contributed by atoms with Crippen LogP contribution in [-0.4, -0.2) is 6.69 Å². The second-order valence-electron chi connectivity index (χ2n) is 3.33. The van der Waals surface area contributed by atoms with E-state index in [1.54, 1.807) is 0 Å². The fourth-order valence-electron chi connectivity index (χ4n) is 0.680. The molecule has 86 valence electrons. The molecule has 0 aliphatic heterocycles. The summed E-state index contributed by atoms with van der Waals surface area (Å²) in [7, 11) is 0. The molecule has 0 N–H and O–H groups in total. The maximum atomic E-state index is 5.43. The van der Waals surface area contributed by atoms with Crippen molar-refractivity contribution >= 4 is 28.9 Å². The van der Waals surface area contributed by atoms with Crippen LogP contribution < -0.4 is 0 Å². The Balaban J connectivity index is 0. The minimum atomic E-state index is -1.67. The fourth-order valence-corrected chi connectivity index (χ4v) is 0.680. The third-order valence-corrected chi connectivity index (χ3v) is 1.17. The molecular formula is C12H16Cl2SiTi. The smallest absolute Gasteiger partial charge is 0.273 e. The monoisotopic (exact) mass is 306 g/mol. The Morgan fingerprint density at radius 1 is 0.938 bits per heavy atom. The molecule has 0 saturated heterocycles. The first kappa shape index (κ1) is 18.8. The van der Waals surface area contributed by atoms with Crippen molar-refractivity contribution in [3.05, 3.63) is 48.6 Å².